The summed E-state index contributed by atoms with van der Waals surface area (Å²) in [5.41, 5.74) is 2.66. The number of hydrogen-bond acceptors (Lipinski definition) is 5. The van der Waals surface area contributed by atoms with Gasteiger partial charge in [0.2, 0.25) is 5.91 Å². The zero-order chi connectivity index (χ0) is 17.1. The lowest BCUT2D eigenvalue weighted by atomic mass is 10.1. The Kier molecular flexibility index (Phi) is 5.01. The number of amides is 1. The summed E-state index contributed by atoms with van der Waals surface area (Å²) in [5, 5.41) is 6.25. The normalized spacial score (nSPS) is 10.8. The van der Waals surface area contributed by atoms with Gasteiger partial charge in [-0.1, -0.05) is 12.1 Å². The first-order valence-electron chi connectivity index (χ1n) is 7.41. The van der Waals surface area contributed by atoms with Crippen molar-refractivity contribution in [2.24, 2.45) is 0 Å². The Balaban J connectivity index is 1.65. The minimum Gasteiger partial charge on any atom is -0.302 e. The third kappa shape index (κ3) is 4.24. The van der Waals surface area contributed by atoms with E-state index in [-0.39, 0.29) is 18.1 Å². The monoisotopic (exact) mass is 361 g/mol. The molecule has 124 valence electrons. The van der Waals surface area contributed by atoms with Crippen LogP contribution in [0.25, 0.3) is 0 Å². The first kappa shape index (κ1) is 16.7. The topological polar surface area (TPSA) is 54.9 Å². The zero-order valence-electron chi connectivity index (χ0n) is 13.3. The minimum atomic E-state index is -0.245. The van der Waals surface area contributed by atoms with Gasteiger partial charge in [-0.05, 0) is 31.5 Å². The molecule has 24 heavy (non-hydrogen) atoms. The largest absolute Gasteiger partial charge is 0.302 e. The summed E-state index contributed by atoms with van der Waals surface area (Å²) in [7, 11) is 0. The molecule has 0 bridgehead atoms. The van der Waals surface area contributed by atoms with Crippen LogP contribution in [0.3, 0.4) is 0 Å². The number of rotatable bonds is 5. The fourth-order valence-electron chi connectivity index (χ4n) is 2.25. The predicted molar refractivity (Wildman–Crippen MR) is 95.2 cm³/mol. The number of nitrogens with one attached hydrogen (secondary N) is 1. The summed E-state index contributed by atoms with van der Waals surface area (Å²) in [6.45, 7) is 3.83. The standard InChI is InChI=1S/C17H16FN3OS2/c1-10-15(7-12-3-5-13(18)6-4-12)24-17(19-10)21-16(22)8-14-9-23-11(2)20-14/h3-6,9H,7-8H2,1-2H3,(H,19,21,22). The highest BCUT2D eigenvalue weighted by Gasteiger charge is 2.12. The Bertz CT molecular complexity index is 855. The highest BCUT2D eigenvalue weighted by atomic mass is 32.1. The Morgan fingerprint density at radius 2 is 1.96 bits per heavy atom. The highest BCUT2D eigenvalue weighted by molar-refractivity contribution is 7.15. The molecule has 4 nitrogen and oxygen atoms in total. The maximum absolute atomic E-state index is 13.0. The lowest BCUT2D eigenvalue weighted by Crippen LogP contribution is -2.14. The van der Waals surface area contributed by atoms with E-state index in [2.05, 4.69) is 15.3 Å². The average molecular weight is 361 g/mol. The molecule has 0 aliphatic carbocycles. The Morgan fingerprint density at radius 1 is 1.21 bits per heavy atom. The van der Waals surface area contributed by atoms with Crippen molar-refractivity contribution in [3.05, 3.63) is 62.3 Å². The van der Waals surface area contributed by atoms with Crippen molar-refractivity contribution in [1.82, 2.24) is 9.97 Å². The molecule has 1 amide bonds. The summed E-state index contributed by atoms with van der Waals surface area (Å²) in [5.74, 6) is -0.368. The molecule has 3 rings (SSSR count). The van der Waals surface area contributed by atoms with Gasteiger partial charge in [0.25, 0.3) is 0 Å². The van der Waals surface area contributed by atoms with E-state index in [1.807, 2.05) is 19.2 Å². The van der Waals surface area contributed by atoms with Crippen LogP contribution in [-0.4, -0.2) is 15.9 Å². The van der Waals surface area contributed by atoms with Gasteiger partial charge in [-0.3, -0.25) is 4.79 Å². The van der Waals surface area contributed by atoms with Crippen LogP contribution < -0.4 is 5.32 Å². The van der Waals surface area contributed by atoms with Gasteiger partial charge >= 0.3 is 0 Å². The van der Waals surface area contributed by atoms with Crippen LogP contribution in [0.15, 0.2) is 29.6 Å². The van der Waals surface area contributed by atoms with Gasteiger partial charge in [0, 0.05) is 16.7 Å². The number of aromatic nitrogens is 2. The molecule has 7 heteroatoms. The third-order valence-electron chi connectivity index (χ3n) is 3.43. The van der Waals surface area contributed by atoms with E-state index < -0.39 is 0 Å². The van der Waals surface area contributed by atoms with Crippen LogP contribution in [0.5, 0.6) is 0 Å². The number of carbonyl (C=O) groups excluding carboxylic acids is 1. The molecule has 0 aliphatic heterocycles. The van der Waals surface area contributed by atoms with E-state index in [1.165, 1.54) is 34.8 Å². The fraction of sp³-hybridized carbons (Fsp3) is 0.235. The summed E-state index contributed by atoms with van der Waals surface area (Å²) in [6.07, 6.45) is 0.918. The van der Waals surface area contributed by atoms with Gasteiger partial charge in [0.15, 0.2) is 5.13 Å². The number of nitrogens with zero attached hydrogens (tertiary/aromatic N) is 2. The van der Waals surface area contributed by atoms with Gasteiger partial charge in [-0.15, -0.1) is 22.7 Å². The number of hydrogen-bond donors (Lipinski definition) is 1. The van der Waals surface area contributed by atoms with E-state index in [0.29, 0.717) is 11.6 Å². The molecule has 0 fully saturated rings. The molecule has 3 aromatic rings. The van der Waals surface area contributed by atoms with Crippen LogP contribution in [-0.2, 0) is 17.6 Å². The van der Waals surface area contributed by atoms with Gasteiger partial charge in [0.1, 0.15) is 5.82 Å². The molecular formula is C17H16FN3OS2. The highest BCUT2D eigenvalue weighted by Crippen LogP contribution is 2.25. The van der Waals surface area contributed by atoms with Gasteiger partial charge < -0.3 is 5.32 Å². The number of thiazole rings is 2. The van der Waals surface area contributed by atoms with Crippen molar-refractivity contribution >= 4 is 33.7 Å². The van der Waals surface area contributed by atoms with Crippen LogP contribution in [0.1, 0.15) is 26.8 Å². The minimum absolute atomic E-state index is 0.123. The smallest absolute Gasteiger partial charge is 0.232 e. The number of carbonyl (C=O) groups is 1. The second-order valence-electron chi connectivity index (χ2n) is 5.41. The van der Waals surface area contributed by atoms with Crippen LogP contribution in [0.4, 0.5) is 9.52 Å². The molecule has 0 aliphatic rings. The van der Waals surface area contributed by atoms with Crippen molar-refractivity contribution in [2.75, 3.05) is 5.32 Å². The first-order chi connectivity index (χ1) is 11.5. The molecule has 0 saturated heterocycles. The van der Waals surface area contributed by atoms with Crippen molar-refractivity contribution < 1.29 is 9.18 Å². The van der Waals surface area contributed by atoms with Gasteiger partial charge in [-0.25, -0.2) is 14.4 Å². The average Bonchev–Trinajstić information content (AvgIpc) is 3.07. The molecule has 1 aromatic carbocycles. The van der Waals surface area contributed by atoms with Gasteiger partial charge in [-0.2, -0.15) is 0 Å². The summed E-state index contributed by atoms with van der Waals surface area (Å²) in [6, 6.07) is 6.42. The summed E-state index contributed by atoms with van der Waals surface area (Å²) in [4.78, 5) is 21.8. The van der Waals surface area contributed by atoms with E-state index in [1.54, 1.807) is 12.1 Å². The van der Waals surface area contributed by atoms with E-state index in [4.69, 9.17) is 0 Å². The second kappa shape index (κ2) is 7.19. The quantitative estimate of drug-likeness (QED) is 0.743. The number of halogens is 1. The lowest BCUT2D eigenvalue weighted by molar-refractivity contribution is -0.115. The van der Waals surface area contributed by atoms with Crippen LogP contribution in [0, 0.1) is 19.7 Å². The van der Waals surface area contributed by atoms with E-state index in [0.717, 1.165) is 26.8 Å². The molecule has 2 heterocycles. The second-order valence-corrected chi connectivity index (χ2v) is 7.56. The summed E-state index contributed by atoms with van der Waals surface area (Å²) < 4.78 is 13.0. The fourth-order valence-corrected chi connectivity index (χ4v) is 3.88. The Hall–Kier alpha value is -2.12. The van der Waals surface area contributed by atoms with Crippen LogP contribution in [0.2, 0.25) is 0 Å². The number of anilines is 1. The molecule has 0 atom stereocenters. The molecule has 0 spiro atoms. The Labute approximate surface area is 147 Å². The van der Waals surface area contributed by atoms with E-state index >= 15 is 0 Å². The summed E-state index contributed by atoms with van der Waals surface area (Å²) >= 11 is 2.98. The molecular weight excluding hydrogens is 345 g/mol. The molecule has 0 saturated carbocycles. The molecule has 2 aromatic heterocycles. The maximum Gasteiger partial charge on any atom is 0.232 e. The zero-order valence-corrected chi connectivity index (χ0v) is 14.9. The van der Waals surface area contributed by atoms with Crippen molar-refractivity contribution in [1.29, 1.82) is 0 Å². The predicted octanol–water partition coefficient (Wildman–Crippen LogP) is 4.13. The van der Waals surface area contributed by atoms with E-state index in [9.17, 15) is 9.18 Å². The number of benzene rings is 1. The van der Waals surface area contributed by atoms with Crippen molar-refractivity contribution in [3.8, 4) is 0 Å². The molecule has 0 radical (unpaired) electrons. The van der Waals surface area contributed by atoms with Crippen molar-refractivity contribution in [3.63, 3.8) is 0 Å². The van der Waals surface area contributed by atoms with Crippen LogP contribution >= 0.6 is 22.7 Å². The number of aryl methyl sites for hydroxylation is 2. The Morgan fingerprint density at radius 3 is 2.62 bits per heavy atom. The first-order valence-corrected chi connectivity index (χ1v) is 9.11. The third-order valence-corrected chi connectivity index (χ3v) is 5.32. The van der Waals surface area contributed by atoms with Gasteiger partial charge in [0.05, 0.1) is 22.8 Å². The maximum atomic E-state index is 13.0. The SMILES string of the molecule is Cc1nc(CC(=O)Nc2nc(C)c(Cc3ccc(F)cc3)s2)cs1. The van der Waals surface area contributed by atoms with Crippen molar-refractivity contribution in [2.45, 2.75) is 26.7 Å². The molecule has 1 N–H and O–H groups in total. The molecule has 0 unspecified atom stereocenters. The lowest BCUT2D eigenvalue weighted by Gasteiger charge is -2.00.